The van der Waals surface area contributed by atoms with Gasteiger partial charge in [0.2, 0.25) is 0 Å². The molecule has 0 bridgehead atoms. The summed E-state index contributed by atoms with van der Waals surface area (Å²) in [6.07, 6.45) is 7.20. The Morgan fingerprint density at radius 1 is 1.19 bits per heavy atom. The van der Waals surface area contributed by atoms with Gasteiger partial charge >= 0.3 is 0 Å². The van der Waals surface area contributed by atoms with Crippen molar-refractivity contribution in [2.24, 2.45) is 12.0 Å². The number of para-hydroxylation sites is 1. The third-order valence-electron chi connectivity index (χ3n) is 4.09. The van der Waals surface area contributed by atoms with Crippen molar-refractivity contribution in [2.75, 3.05) is 0 Å². The highest BCUT2D eigenvalue weighted by Crippen LogP contribution is 2.31. The zero-order valence-corrected chi connectivity index (χ0v) is 15.7. The fourth-order valence-electron chi connectivity index (χ4n) is 2.77. The minimum Gasteiger partial charge on any atom is -0.300 e. The first-order valence-electron chi connectivity index (χ1n) is 8.39. The highest BCUT2D eigenvalue weighted by atomic mass is 32.2. The monoisotopic (exact) mass is 375 g/mol. The molecule has 1 amide bonds. The third kappa shape index (κ3) is 3.68. The van der Waals surface area contributed by atoms with Crippen LogP contribution in [0.25, 0.3) is 17.3 Å². The van der Waals surface area contributed by atoms with Gasteiger partial charge in [0.25, 0.3) is 5.91 Å². The summed E-state index contributed by atoms with van der Waals surface area (Å²) in [4.78, 5) is 21.6. The fourth-order valence-corrected chi connectivity index (χ4v) is 3.59. The molecule has 0 aliphatic carbocycles. The molecule has 3 heterocycles. The molecule has 4 rings (SSSR count). The van der Waals surface area contributed by atoms with E-state index in [-0.39, 0.29) is 5.91 Å². The van der Waals surface area contributed by atoms with E-state index in [1.165, 1.54) is 11.8 Å². The van der Waals surface area contributed by atoms with Gasteiger partial charge < -0.3 is 5.32 Å². The first kappa shape index (κ1) is 17.2. The lowest BCUT2D eigenvalue weighted by Gasteiger charge is -1.99. The highest BCUT2D eigenvalue weighted by molar-refractivity contribution is 8.18. The summed E-state index contributed by atoms with van der Waals surface area (Å²) in [5.41, 5.74) is 4.54. The van der Waals surface area contributed by atoms with Gasteiger partial charge in [-0.3, -0.25) is 14.5 Å². The van der Waals surface area contributed by atoms with Crippen molar-refractivity contribution < 1.29 is 4.79 Å². The Morgan fingerprint density at radius 2 is 1.96 bits per heavy atom. The number of nitrogens with one attached hydrogen (secondary N) is 1. The number of carbonyl (C=O) groups is 1. The van der Waals surface area contributed by atoms with Gasteiger partial charge in [0.1, 0.15) is 0 Å². The lowest BCUT2D eigenvalue weighted by atomic mass is 10.1. The van der Waals surface area contributed by atoms with Crippen molar-refractivity contribution in [3.63, 3.8) is 0 Å². The van der Waals surface area contributed by atoms with Gasteiger partial charge in [-0.1, -0.05) is 18.2 Å². The number of nitrogens with zero attached hydrogens (tertiary/aromatic N) is 4. The number of pyridine rings is 1. The minimum atomic E-state index is -0.156. The molecule has 2 aromatic heterocycles. The minimum absolute atomic E-state index is 0.156. The van der Waals surface area contributed by atoms with E-state index in [9.17, 15) is 4.79 Å². The van der Waals surface area contributed by atoms with Crippen LogP contribution >= 0.6 is 11.8 Å². The second-order valence-corrected chi connectivity index (χ2v) is 7.14. The van der Waals surface area contributed by atoms with Gasteiger partial charge in [-0.2, -0.15) is 5.10 Å². The van der Waals surface area contributed by atoms with Crippen LogP contribution in [0.3, 0.4) is 0 Å². The van der Waals surface area contributed by atoms with Crippen LogP contribution in [0.4, 0.5) is 5.69 Å². The Kier molecular flexibility index (Phi) is 4.60. The molecule has 7 heteroatoms. The van der Waals surface area contributed by atoms with Gasteiger partial charge in [0.15, 0.2) is 5.17 Å². The molecule has 0 radical (unpaired) electrons. The summed E-state index contributed by atoms with van der Waals surface area (Å²) in [5, 5.41) is 7.93. The van der Waals surface area contributed by atoms with Gasteiger partial charge in [-0.15, -0.1) is 0 Å². The molecule has 1 N–H and O–H groups in total. The first-order chi connectivity index (χ1) is 13.1. The molecule has 1 saturated heterocycles. The topological polar surface area (TPSA) is 72.2 Å². The second kappa shape index (κ2) is 7.20. The number of benzene rings is 1. The van der Waals surface area contributed by atoms with E-state index in [0.717, 1.165) is 28.1 Å². The van der Waals surface area contributed by atoms with Crippen LogP contribution in [0.15, 0.2) is 64.9 Å². The van der Waals surface area contributed by atoms with E-state index in [1.54, 1.807) is 17.1 Å². The van der Waals surface area contributed by atoms with Crippen LogP contribution < -0.4 is 5.32 Å². The molecule has 0 unspecified atom stereocenters. The van der Waals surface area contributed by atoms with Crippen molar-refractivity contribution in [3.05, 3.63) is 71.0 Å². The largest absolute Gasteiger partial charge is 0.300 e. The molecule has 0 saturated carbocycles. The zero-order valence-electron chi connectivity index (χ0n) is 14.9. The molecule has 27 heavy (non-hydrogen) atoms. The summed E-state index contributed by atoms with van der Waals surface area (Å²) in [5.74, 6) is -0.156. The summed E-state index contributed by atoms with van der Waals surface area (Å²) in [6, 6.07) is 11.6. The molecule has 1 fully saturated rings. The van der Waals surface area contributed by atoms with E-state index in [0.29, 0.717) is 10.1 Å². The van der Waals surface area contributed by atoms with Crippen LogP contribution in [0, 0.1) is 6.92 Å². The Labute approximate surface area is 161 Å². The molecule has 134 valence electrons. The Bertz CT molecular complexity index is 1070. The number of amidine groups is 1. The van der Waals surface area contributed by atoms with E-state index in [2.05, 4.69) is 20.4 Å². The second-order valence-electron chi connectivity index (χ2n) is 6.11. The fraction of sp³-hybridized carbons (Fsp3) is 0.100. The smallest absolute Gasteiger partial charge is 0.264 e. The maximum atomic E-state index is 12.4. The third-order valence-corrected chi connectivity index (χ3v) is 5.00. The summed E-state index contributed by atoms with van der Waals surface area (Å²) in [7, 11) is 1.86. The quantitative estimate of drug-likeness (QED) is 0.709. The van der Waals surface area contributed by atoms with Crippen molar-refractivity contribution in [1.82, 2.24) is 20.1 Å². The first-order valence-corrected chi connectivity index (χ1v) is 9.21. The molecule has 3 aromatic rings. The number of aliphatic imine (C=N–C) groups is 1. The van der Waals surface area contributed by atoms with Gasteiger partial charge in [0, 0.05) is 36.8 Å². The summed E-state index contributed by atoms with van der Waals surface area (Å²) in [6.45, 7) is 1.99. The number of aryl methyl sites for hydroxylation is 2. The average molecular weight is 375 g/mol. The number of hydrogen-bond acceptors (Lipinski definition) is 5. The summed E-state index contributed by atoms with van der Waals surface area (Å²) < 4.78 is 1.74. The average Bonchev–Trinajstić information content (AvgIpc) is 3.20. The van der Waals surface area contributed by atoms with Gasteiger partial charge in [-0.25, -0.2) is 4.99 Å². The van der Waals surface area contributed by atoms with E-state index >= 15 is 0 Å². The number of carbonyl (C=O) groups excluding carboxylic acids is 1. The van der Waals surface area contributed by atoms with Crippen molar-refractivity contribution in [2.45, 2.75) is 6.92 Å². The van der Waals surface area contributed by atoms with E-state index in [4.69, 9.17) is 0 Å². The van der Waals surface area contributed by atoms with Crippen molar-refractivity contribution in [1.29, 1.82) is 0 Å². The van der Waals surface area contributed by atoms with Crippen molar-refractivity contribution >= 4 is 34.6 Å². The number of hydrogen-bond donors (Lipinski definition) is 1. The Balaban J connectivity index is 1.66. The molecular weight excluding hydrogens is 358 g/mol. The molecule has 1 aliphatic rings. The lowest BCUT2D eigenvalue weighted by Crippen LogP contribution is -2.19. The van der Waals surface area contributed by atoms with Crippen LogP contribution in [-0.2, 0) is 11.8 Å². The predicted octanol–water partition coefficient (Wildman–Crippen LogP) is 3.68. The van der Waals surface area contributed by atoms with Gasteiger partial charge in [-0.05, 0) is 48.5 Å². The maximum absolute atomic E-state index is 12.4. The number of rotatable bonds is 3. The number of amides is 1. The van der Waals surface area contributed by atoms with E-state index in [1.807, 2.05) is 62.6 Å². The normalized spacial score (nSPS) is 16.9. The Hall–Kier alpha value is -3.19. The summed E-state index contributed by atoms with van der Waals surface area (Å²) >= 11 is 1.33. The van der Waals surface area contributed by atoms with E-state index < -0.39 is 0 Å². The zero-order chi connectivity index (χ0) is 18.8. The molecule has 0 atom stereocenters. The van der Waals surface area contributed by atoms with Gasteiger partial charge in [0.05, 0.1) is 16.3 Å². The maximum Gasteiger partial charge on any atom is 0.264 e. The van der Waals surface area contributed by atoms with Crippen LogP contribution in [0.2, 0.25) is 0 Å². The number of aromatic nitrogens is 3. The van der Waals surface area contributed by atoms with Crippen molar-refractivity contribution in [3.8, 4) is 11.3 Å². The standard InChI is InChI=1S/C20H17N5OS/c1-13-5-3-4-6-16(13)22-20-23-19(26)17(27-20)11-15-12-25(2)24-18(15)14-7-9-21-10-8-14/h3-12H,1-2H3,(H,22,23,26)/b17-11-. The SMILES string of the molecule is Cc1ccccc1N=C1NC(=O)/C(=C/c2cn(C)nc2-c2ccncc2)S1. The molecule has 1 aliphatic heterocycles. The Morgan fingerprint density at radius 3 is 2.74 bits per heavy atom. The van der Waals surface area contributed by atoms with Crippen LogP contribution in [0.1, 0.15) is 11.1 Å². The predicted molar refractivity (Wildman–Crippen MR) is 108 cm³/mol. The molecule has 6 nitrogen and oxygen atoms in total. The van der Waals surface area contributed by atoms with Crippen LogP contribution in [-0.4, -0.2) is 25.8 Å². The molecular formula is C20H17N5OS. The van der Waals surface area contributed by atoms with Crippen LogP contribution in [0.5, 0.6) is 0 Å². The molecule has 1 aromatic carbocycles. The highest BCUT2D eigenvalue weighted by Gasteiger charge is 2.25. The lowest BCUT2D eigenvalue weighted by molar-refractivity contribution is -0.115. The number of thioether (sulfide) groups is 1. The molecule has 0 spiro atoms.